The predicted octanol–water partition coefficient (Wildman–Crippen LogP) is 2.62. The summed E-state index contributed by atoms with van der Waals surface area (Å²) in [5, 5.41) is 3.65. The van der Waals surface area contributed by atoms with Crippen LogP contribution in [0.3, 0.4) is 0 Å². The minimum absolute atomic E-state index is 0.0443. The lowest BCUT2D eigenvalue weighted by molar-refractivity contribution is 0.586. The third-order valence-corrected chi connectivity index (χ3v) is 6.92. The third-order valence-electron chi connectivity index (χ3n) is 5.31. The molecule has 1 N–H and O–H groups in total. The highest BCUT2D eigenvalue weighted by Crippen LogP contribution is 2.39. The van der Waals surface area contributed by atoms with Crippen molar-refractivity contribution in [2.75, 3.05) is 34.8 Å². The van der Waals surface area contributed by atoms with Gasteiger partial charge in [0.25, 0.3) is 0 Å². The Kier molecular flexibility index (Phi) is 3.72. The molecule has 1 aromatic carbocycles. The Bertz CT molecular complexity index is 1090. The number of rotatable bonds is 2. The van der Waals surface area contributed by atoms with Crippen molar-refractivity contribution in [3.05, 3.63) is 72.2 Å². The molecule has 0 saturated carbocycles. The van der Waals surface area contributed by atoms with E-state index >= 15 is 0 Å². The van der Waals surface area contributed by atoms with Crippen LogP contribution < -0.4 is 10.2 Å². The molecule has 2 aliphatic rings. The first-order chi connectivity index (χ1) is 13.1. The summed E-state index contributed by atoms with van der Waals surface area (Å²) >= 11 is 0. The van der Waals surface area contributed by atoms with Crippen molar-refractivity contribution in [2.45, 2.75) is 6.04 Å². The molecule has 5 rings (SSSR count). The Morgan fingerprint density at radius 3 is 2.67 bits per heavy atom. The summed E-state index contributed by atoms with van der Waals surface area (Å²) in [5.74, 6) is 1.22. The average Bonchev–Trinajstić information content (AvgIpc) is 3.18. The number of anilines is 2. The number of nitrogens with zero attached hydrogens (tertiary/aromatic N) is 3. The second-order valence-electron chi connectivity index (χ2n) is 6.95. The largest absolute Gasteiger partial charge is 0.371 e. The van der Waals surface area contributed by atoms with Gasteiger partial charge in [-0.15, -0.1) is 0 Å². The van der Waals surface area contributed by atoms with Crippen LogP contribution in [0.1, 0.15) is 17.3 Å². The molecule has 3 aromatic rings. The molecule has 0 aliphatic carbocycles. The molecular weight excluding hydrogens is 360 g/mol. The fraction of sp³-hybridized carbons (Fsp3) is 0.250. The van der Waals surface area contributed by atoms with Crippen LogP contribution in [0.5, 0.6) is 0 Å². The van der Waals surface area contributed by atoms with Crippen molar-refractivity contribution in [3.63, 3.8) is 0 Å². The maximum atomic E-state index is 11.8. The van der Waals surface area contributed by atoms with Crippen molar-refractivity contribution >= 4 is 21.3 Å². The topological polar surface area (TPSA) is 67.2 Å². The van der Waals surface area contributed by atoms with Crippen LogP contribution in [-0.2, 0) is 9.84 Å². The van der Waals surface area contributed by atoms with E-state index in [0.29, 0.717) is 13.1 Å². The second kappa shape index (κ2) is 6.13. The number of para-hydroxylation sites is 2. The number of fused-ring (bicyclic) bond motifs is 3. The van der Waals surface area contributed by atoms with Gasteiger partial charge in [0.2, 0.25) is 0 Å². The van der Waals surface area contributed by atoms with E-state index in [0.717, 1.165) is 28.5 Å². The summed E-state index contributed by atoms with van der Waals surface area (Å²) in [6, 6.07) is 16.4. The van der Waals surface area contributed by atoms with E-state index in [1.54, 1.807) is 6.20 Å². The van der Waals surface area contributed by atoms with Crippen LogP contribution in [0.15, 0.2) is 60.9 Å². The van der Waals surface area contributed by atoms with Crippen molar-refractivity contribution < 1.29 is 8.42 Å². The summed E-state index contributed by atoms with van der Waals surface area (Å²) in [6.45, 7) is 0.966. The van der Waals surface area contributed by atoms with Crippen LogP contribution in [0, 0.1) is 0 Å². The molecule has 6 nitrogen and oxygen atoms in total. The molecule has 138 valence electrons. The number of benzene rings is 1. The molecule has 1 fully saturated rings. The lowest BCUT2D eigenvalue weighted by Gasteiger charge is -2.34. The van der Waals surface area contributed by atoms with E-state index < -0.39 is 9.84 Å². The van der Waals surface area contributed by atoms with Crippen molar-refractivity contribution in [1.82, 2.24) is 9.55 Å². The highest BCUT2D eigenvalue weighted by molar-refractivity contribution is 7.91. The Morgan fingerprint density at radius 1 is 1.00 bits per heavy atom. The quantitative estimate of drug-likeness (QED) is 0.740. The average molecular weight is 380 g/mol. The SMILES string of the molecule is O=S1(=O)CCN(c2ncccc2C2Nc3ccccc3-n3cccc32)CC1. The zero-order valence-corrected chi connectivity index (χ0v) is 15.6. The van der Waals surface area contributed by atoms with Gasteiger partial charge in [0, 0.05) is 36.7 Å². The summed E-state index contributed by atoms with van der Waals surface area (Å²) in [5.41, 5.74) is 4.41. The maximum Gasteiger partial charge on any atom is 0.153 e. The highest BCUT2D eigenvalue weighted by Gasteiger charge is 2.30. The van der Waals surface area contributed by atoms with E-state index in [1.807, 2.05) is 18.2 Å². The molecule has 4 heterocycles. The van der Waals surface area contributed by atoms with E-state index in [-0.39, 0.29) is 17.5 Å². The molecule has 0 radical (unpaired) electrons. The van der Waals surface area contributed by atoms with Gasteiger partial charge < -0.3 is 14.8 Å². The molecule has 1 saturated heterocycles. The number of aromatic nitrogens is 2. The summed E-state index contributed by atoms with van der Waals surface area (Å²) in [7, 11) is -2.93. The zero-order valence-electron chi connectivity index (χ0n) is 14.7. The number of nitrogens with one attached hydrogen (secondary N) is 1. The van der Waals surface area contributed by atoms with Gasteiger partial charge in [-0.05, 0) is 30.3 Å². The van der Waals surface area contributed by atoms with Crippen LogP contribution in [-0.4, -0.2) is 42.6 Å². The molecule has 2 aliphatic heterocycles. The Balaban J connectivity index is 1.57. The molecule has 0 bridgehead atoms. The van der Waals surface area contributed by atoms with E-state index in [4.69, 9.17) is 0 Å². The minimum atomic E-state index is -2.93. The van der Waals surface area contributed by atoms with Crippen molar-refractivity contribution in [3.8, 4) is 5.69 Å². The molecule has 0 amide bonds. The van der Waals surface area contributed by atoms with Crippen LogP contribution >= 0.6 is 0 Å². The molecule has 2 aromatic heterocycles. The van der Waals surface area contributed by atoms with Crippen molar-refractivity contribution in [1.29, 1.82) is 0 Å². The van der Waals surface area contributed by atoms with Gasteiger partial charge in [-0.1, -0.05) is 18.2 Å². The van der Waals surface area contributed by atoms with E-state index in [2.05, 4.69) is 56.3 Å². The molecule has 1 unspecified atom stereocenters. The van der Waals surface area contributed by atoms with Crippen LogP contribution in [0.2, 0.25) is 0 Å². The number of pyridine rings is 1. The monoisotopic (exact) mass is 380 g/mol. The number of hydrogen-bond donors (Lipinski definition) is 1. The molecule has 7 heteroatoms. The van der Waals surface area contributed by atoms with Gasteiger partial charge in [-0.25, -0.2) is 13.4 Å². The van der Waals surface area contributed by atoms with E-state index in [9.17, 15) is 8.42 Å². The van der Waals surface area contributed by atoms with Gasteiger partial charge in [-0.3, -0.25) is 0 Å². The Labute approximate surface area is 158 Å². The van der Waals surface area contributed by atoms with Crippen molar-refractivity contribution in [2.24, 2.45) is 0 Å². The van der Waals surface area contributed by atoms with Gasteiger partial charge in [0.1, 0.15) is 5.82 Å². The van der Waals surface area contributed by atoms with Crippen LogP contribution in [0.25, 0.3) is 5.69 Å². The summed E-state index contributed by atoms with van der Waals surface area (Å²) < 4.78 is 25.8. The third kappa shape index (κ3) is 2.78. The first-order valence-electron chi connectivity index (χ1n) is 9.06. The van der Waals surface area contributed by atoms with Gasteiger partial charge in [-0.2, -0.15) is 0 Å². The Morgan fingerprint density at radius 2 is 1.81 bits per heavy atom. The predicted molar refractivity (Wildman–Crippen MR) is 106 cm³/mol. The fourth-order valence-corrected chi connectivity index (χ4v) is 5.15. The first kappa shape index (κ1) is 16.4. The van der Waals surface area contributed by atoms with Gasteiger partial charge in [0.15, 0.2) is 9.84 Å². The van der Waals surface area contributed by atoms with Gasteiger partial charge in [0.05, 0.1) is 28.9 Å². The highest BCUT2D eigenvalue weighted by atomic mass is 32.2. The van der Waals surface area contributed by atoms with Gasteiger partial charge >= 0.3 is 0 Å². The lowest BCUT2D eigenvalue weighted by Crippen LogP contribution is -2.41. The molecule has 1 atom stereocenters. The lowest BCUT2D eigenvalue weighted by atomic mass is 10.0. The molecule has 0 spiro atoms. The normalized spacial score (nSPS) is 20.4. The fourth-order valence-electron chi connectivity index (χ4n) is 3.94. The first-order valence-corrected chi connectivity index (χ1v) is 10.9. The standard InChI is InChI=1S/C20H20N4O2S/c25-27(26)13-11-23(12-14-27)20-15(5-3-9-21-20)19-18-8-4-10-24(18)17-7-2-1-6-16(17)22-19/h1-10,19,22H,11-14H2. The zero-order chi connectivity index (χ0) is 18.4. The number of hydrogen-bond acceptors (Lipinski definition) is 5. The second-order valence-corrected chi connectivity index (χ2v) is 9.26. The number of sulfone groups is 1. The maximum absolute atomic E-state index is 11.8. The van der Waals surface area contributed by atoms with E-state index in [1.165, 1.54) is 0 Å². The Hall–Kier alpha value is -2.80. The minimum Gasteiger partial charge on any atom is -0.371 e. The summed E-state index contributed by atoms with van der Waals surface area (Å²) in [6.07, 6.45) is 3.85. The molecular formula is C20H20N4O2S. The smallest absolute Gasteiger partial charge is 0.153 e. The van der Waals surface area contributed by atoms with Crippen LogP contribution in [0.4, 0.5) is 11.5 Å². The summed E-state index contributed by atoms with van der Waals surface area (Å²) in [4.78, 5) is 6.71. The molecule has 27 heavy (non-hydrogen) atoms.